The van der Waals surface area contributed by atoms with E-state index in [0.29, 0.717) is 0 Å². The number of rotatable bonds is 4. The van der Waals surface area contributed by atoms with Gasteiger partial charge in [-0.15, -0.1) is 0 Å². The molecule has 2 heterocycles. The predicted molar refractivity (Wildman–Crippen MR) is 128 cm³/mol. The minimum atomic E-state index is 0.785. The lowest BCUT2D eigenvalue weighted by Gasteiger charge is -2.08. The van der Waals surface area contributed by atoms with Crippen LogP contribution in [0.25, 0.3) is 43.8 Å². The van der Waals surface area contributed by atoms with Crippen molar-refractivity contribution >= 4 is 32.6 Å². The molecule has 5 aromatic rings. The largest absolute Gasteiger partial charge is 0.341 e. The van der Waals surface area contributed by atoms with Gasteiger partial charge in [0.15, 0.2) is 12.7 Å². The summed E-state index contributed by atoms with van der Waals surface area (Å²) in [5.41, 5.74) is 7.78. The van der Waals surface area contributed by atoms with Crippen molar-refractivity contribution in [3.05, 3.63) is 90.6 Å². The zero-order valence-electron chi connectivity index (χ0n) is 17.9. The van der Waals surface area contributed by atoms with Gasteiger partial charge in [0.2, 0.25) is 5.69 Å². The first kappa shape index (κ1) is 18.6. The van der Waals surface area contributed by atoms with Crippen molar-refractivity contribution in [2.45, 2.75) is 33.9 Å². The first-order chi connectivity index (χ1) is 14.6. The molecule has 0 bridgehead atoms. The molecule has 0 aliphatic rings. The van der Waals surface area contributed by atoms with E-state index in [1.54, 1.807) is 0 Å². The molecular weight excluding hydrogens is 364 g/mol. The Bertz CT molecular complexity index is 1420. The number of allylic oxidation sites excluding steroid dienone is 1. The van der Waals surface area contributed by atoms with Crippen LogP contribution in [0.4, 0.5) is 0 Å². The molecule has 0 saturated heterocycles. The van der Waals surface area contributed by atoms with Crippen LogP contribution >= 0.6 is 0 Å². The third-order valence-corrected chi connectivity index (χ3v) is 6.11. The first-order valence-corrected chi connectivity index (χ1v) is 10.7. The summed E-state index contributed by atoms with van der Waals surface area (Å²) in [6.45, 7) is 12.4. The van der Waals surface area contributed by atoms with E-state index < -0.39 is 0 Å². The molecule has 0 aliphatic heterocycles. The summed E-state index contributed by atoms with van der Waals surface area (Å²) >= 11 is 0. The number of aryl methyl sites for hydroxylation is 3. The number of hydrogen-bond acceptors (Lipinski definition) is 0. The minimum Gasteiger partial charge on any atom is -0.341 e. The van der Waals surface area contributed by atoms with E-state index in [1.165, 1.54) is 55.0 Å². The van der Waals surface area contributed by atoms with E-state index in [0.717, 1.165) is 13.1 Å². The topological polar surface area (TPSA) is 8.81 Å². The molecule has 0 saturated carbocycles. The molecule has 0 unspecified atom stereocenters. The van der Waals surface area contributed by atoms with Crippen LogP contribution in [0, 0.1) is 13.8 Å². The Morgan fingerprint density at radius 2 is 1.73 bits per heavy atom. The molecule has 148 valence electrons. The first-order valence-electron chi connectivity index (χ1n) is 10.7. The fourth-order valence-corrected chi connectivity index (χ4v) is 4.89. The fourth-order valence-electron chi connectivity index (χ4n) is 4.89. The zero-order chi connectivity index (χ0) is 20.8. The second kappa shape index (κ2) is 7.14. The lowest BCUT2D eigenvalue weighted by Crippen LogP contribution is -2.35. The van der Waals surface area contributed by atoms with Gasteiger partial charge in [-0.2, -0.15) is 4.57 Å². The van der Waals surface area contributed by atoms with Gasteiger partial charge < -0.3 is 4.57 Å². The molecule has 0 fully saturated rings. The highest BCUT2D eigenvalue weighted by atomic mass is 15.0. The highest BCUT2D eigenvalue weighted by molar-refractivity contribution is 6.13. The summed E-state index contributed by atoms with van der Waals surface area (Å²) < 4.78 is 4.76. The van der Waals surface area contributed by atoms with Crippen molar-refractivity contribution in [3.8, 4) is 11.3 Å². The zero-order valence-corrected chi connectivity index (χ0v) is 17.9. The fraction of sp³-hybridized carbons (Fsp3) is 0.179. The molecular formula is C28H27N2+. The van der Waals surface area contributed by atoms with Crippen molar-refractivity contribution in [1.29, 1.82) is 0 Å². The molecule has 2 nitrogen and oxygen atoms in total. The van der Waals surface area contributed by atoms with Crippen LogP contribution in [0.3, 0.4) is 0 Å². The maximum absolute atomic E-state index is 3.97. The standard InChI is InChI=1S/C28H27N2/c1-5-12-29-18-23-15-24-25-14-19(3)13-20(4)28(25)30(6-2)27(24)17-22(23)16-26(29)21-10-8-7-9-11-21/h5,7-11,13-18H,1,6,12H2,2-4H3/q+1. The molecule has 0 spiro atoms. The monoisotopic (exact) mass is 391 g/mol. The number of hydrogen-bond donors (Lipinski definition) is 0. The summed E-state index contributed by atoms with van der Waals surface area (Å²) in [4.78, 5) is 0. The maximum Gasteiger partial charge on any atom is 0.213 e. The molecule has 2 heteroatoms. The van der Waals surface area contributed by atoms with Gasteiger partial charge in [0, 0.05) is 39.8 Å². The van der Waals surface area contributed by atoms with Gasteiger partial charge in [0.1, 0.15) is 0 Å². The molecule has 5 rings (SSSR count). The number of benzene rings is 3. The maximum atomic E-state index is 3.97. The van der Waals surface area contributed by atoms with E-state index in [1.807, 2.05) is 6.08 Å². The van der Waals surface area contributed by atoms with Crippen molar-refractivity contribution in [3.63, 3.8) is 0 Å². The Morgan fingerprint density at radius 1 is 0.933 bits per heavy atom. The Kier molecular flexibility index (Phi) is 4.43. The lowest BCUT2D eigenvalue weighted by molar-refractivity contribution is -0.674. The molecule has 3 aromatic carbocycles. The van der Waals surface area contributed by atoms with E-state index in [4.69, 9.17) is 0 Å². The van der Waals surface area contributed by atoms with E-state index in [-0.39, 0.29) is 0 Å². The number of aromatic nitrogens is 2. The second-order valence-electron chi connectivity index (χ2n) is 8.19. The average Bonchev–Trinajstić information content (AvgIpc) is 3.05. The van der Waals surface area contributed by atoms with Crippen LogP contribution in [0.1, 0.15) is 18.1 Å². The summed E-state index contributed by atoms with van der Waals surface area (Å²) in [5.74, 6) is 0. The summed E-state index contributed by atoms with van der Waals surface area (Å²) in [5, 5.41) is 5.23. The third kappa shape index (κ3) is 2.83. The van der Waals surface area contributed by atoms with Crippen LogP contribution in [-0.2, 0) is 13.1 Å². The van der Waals surface area contributed by atoms with Crippen molar-refractivity contribution < 1.29 is 4.57 Å². The van der Waals surface area contributed by atoms with Crippen molar-refractivity contribution in [2.24, 2.45) is 0 Å². The molecule has 0 aliphatic carbocycles. The van der Waals surface area contributed by atoms with Gasteiger partial charge in [-0.05, 0) is 68.1 Å². The Balaban J connectivity index is 1.89. The Hall–Kier alpha value is -3.39. The van der Waals surface area contributed by atoms with Gasteiger partial charge in [-0.25, -0.2) is 0 Å². The van der Waals surface area contributed by atoms with E-state index in [2.05, 4.69) is 103 Å². The van der Waals surface area contributed by atoms with Gasteiger partial charge in [-0.1, -0.05) is 36.4 Å². The van der Waals surface area contributed by atoms with E-state index >= 15 is 0 Å². The van der Waals surface area contributed by atoms with Gasteiger partial charge in [0.05, 0.1) is 5.52 Å². The van der Waals surface area contributed by atoms with Crippen LogP contribution in [0.15, 0.2) is 79.5 Å². The summed E-state index contributed by atoms with van der Waals surface area (Å²) in [7, 11) is 0. The molecule has 30 heavy (non-hydrogen) atoms. The SMILES string of the molecule is C=CC[n+]1cc2cc3c4cc(C)cc(C)c4n(CC)c3cc2cc1-c1ccccc1. The number of nitrogens with zero attached hydrogens (tertiary/aromatic N) is 2. The minimum absolute atomic E-state index is 0.785. The number of fused-ring (bicyclic) bond motifs is 4. The predicted octanol–water partition coefficient (Wildman–Crippen LogP) is 6.72. The third-order valence-electron chi connectivity index (χ3n) is 6.11. The summed E-state index contributed by atoms with van der Waals surface area (Å²) in [6, 6.07) is 22.3. The highest BCUT2D eigenvalue weighted by Gasteiger charge is 2.18. The van der Waals surface area contributed by atoms with Crippen LogP contribution in [0.2, 0.25) is 0 Å². The Labute approximate surface area is 177 Å². The molecule has 0 amide bonds. The van der Waals surface area contributed by atoms with Crippen LogP contribution < -0.4 is 4.57 Å². The smallest absolute Gasteiger partial charge is 0.213 e. The van der Waals surface area contributed by atoms with Crippen LogP contribution in [-0.4, -0.2) is 4.57 Å². The molecule has 2 aromatic heterocycles. The highest BCUT2D eigenvalue weighted by Crippen LogP contribution is 2.35. The summed E-state index contributed by atoms with van der Waals surface area (Å²) in [6.07, 6.45) is 4.24. The molecule has 0 atom stereocenters. The van der Waals surface area contributed by atoms with Gasteiger partial charge in [-0.3, -0.25) is 0 Å². The quantitative estimate of drug-likeness (QED) is 0.237. The van der Waals surface area contributed by atoms with E-state index in [9.17, 15) is 0 Å². The van der Waals surface area contributed by atoms with Crippen LogP contribution in [0.5, 0.6) is 0 Å². The Morgan fingerprint density at radius 3 is 2.47 bits per heavy atom. The van der Waals surface area contributed by atoms with Crippen molar-refractivity contribution in [1.82, 2.24) is 4.57 Å². The normalized spacial score (nSPS) is 11.6. The number of pyridine rings is 1. The second-order valence-corrected chi connectivity index (χ2v) is 8.19. The molecule has 0 radical (unpaired) electrons. The van der Waals surface area contributed by atoms with Gasteiger partial charge >= 0.3 is 0 Å². The van der Waals surface area contributed by atoms with Crippen molar-refractivity contribution in [2.75, 3.05) is 0 Å². The lowest BCUT2D eigenvalue weighted by atomic mass is 10.0. The van der Waals surface area contributed by atoms with Gasteiger partial charge in [0.25, 0.3) is 0 Å². The molecule has 0 N–H and O–H groups in total. The average molecular weight is 392 g/mol.